The zero-order valence-electron chi connectivity index (χ0n) is 21.5. The van der Waals surface area contributed by atoms with Crippen molar-refractivity contribution in [1.82, 2.24) is 15.3 Å². The van der Waals surface area contributed by atoms with Crippen LogP contribution in [-0.2, 0) is 16.1 Å². The molecule has 4 aromatic rings. The Labute approximate surface area is 221 Å². The molecule has 0 aliphatic rings. The van der Waals surface area contributed by atoms with Crippen LogP contribution in [0.15, 0.2) is 85.1 Å². The number of amides is 2. The molecule has 0 saturated carbocycles. The molecule has 0 bridgehead atoms. The molecule has 0 radical (unpaired) electrons. The Morgan fingerprint density at radius 3 is 2.18 bits per heavy atom. The summed E-state index contributed by atoms with van der Waals surface area (Å²) in [4.78, 5) is 31.4. The fourth-order valence-corrected chi connectivity index (χ4v) is 3.37. The zero-order valence-corrected chi connectivity index (χ0v) is 21.5. The summed E-state index contributed by atoms with van der Waals surface area (Å²) in [6, 6.07) is 24.1. The summed E-state index contributed by atoms with van der Waals surface area (Å²) in [6.07, 6.45) is 1.13. The van der Waals surface area contributed by atoms with Crippen LogP contribution in [0.4, 0.5) is 10.5 Å². The molecule has 0 fully saturated rings. The van der Waals surface area contributed by atoms with Crippen LogP contribution in [-0.4, -0.2) is 34.1 Å². The molecule has 0 saturated heterocycles. The summed E-state index contributed by atoms with van der Waals surface area (Å²) < 4.78 is 16.6. The van der Waals surface area contributed by atoms with Gasteiger partial charge in [-0.15, -0.1) is 0 Å². The normalized spacial score (nSPS) is 10.9. The second kappa shape index (κ2) is 12.0. The second-order valence-corrected chi connectivity index (χ2v) is 9.50. The van der Waals surface area contributed by atoms with E-state index in [2.05, 4.69) is 20.6 Å². The number of benzene rings is 3. The highest BCUT2D eigenvalue weighted by atomic mass is 16.6. The number of aromatic amines is 1. The molecule has 9 nitrogen and oxygen atoms in total. The first-order chi connectivity index (χ1) is 18.2. The van der Waals surface area contributed by atoms with E-state index < -0.39 is 17.5 Å². The number of anilines is 1. The average Bonchev–Trinajstić information content (AvgIpc) is 3.37. The molecule has 9 heteroatoms. The van der Waals surface area contributed by atoms with Gasteiger partial charge < -0.3 is 29.8 Å². The zero-order chi connectivity index (χ0) is 27.0. The molecule has 0 spiro atoms. The van der Waals surface area contributed by atoms with Gasteiger partial charge in [-0.25, -0.2) is 9.78 Å². The summed E-state index contributed by atoms with van der Waals surface area (Å²) in [6.45, 7) is 5.44. The molecule has 38 heavy (non-hydrogen) atoms. The summed E-state index contributed by atoms with van der Waals surface area (Å²) in [5.74, 6) is 2.36. The number of aromatic nitrogens is 2. The molecular weight excluding hydrogens is 484 g/mol. The Balaban J connectivity index is 1.25. The molecule has 0 aliphatic carbocycles. The number of ether oxygens (including phenoxy) is 3. The van der Waals surface area contributed by atoms with Gasteiger partial charge in [0, 0.05) is 11.2 Å². The molecule has 0 unspecified atom stereocenters. The predicted molar refractivity (Wildman–Crippen MR) is 144 cm³/mol. The van der Waals surface area contributed by atoms with E-state index in [-0.39, 0.29) is 6.61 Å². The Morgan fingerprint density at radius 2 is 1.53 bits per heavy atom. The maximum atomic E-state index is 12.0. The summed E-state index contributed by atoms with van der Waals surface area (Å²) in [5, 5.41) is 5.30. The van der Waals surface area contributed by atoms with E-state index in [1.165, 1.54) is 0 Å². The molecule has 3 N–H and O–H groups in total. The van der Waals surface area contributed by atoms with Crippen LogP contribution >= 0.6 is 0 Å². The van der Waals surface area contributed by atoms with Gasteiger partial charge in [0.05, 0.1) is 11.9 Å². The third-order valence-corrected chi connectivity index (χ3v) is 5.10. The molecule has 0 atom stereocenters. The van der Waals surface area contributed by atoms with Crippen molar-refractivity contribution in [1.29, 1.82) is 0 Å². The first kappa shape index (κ1) is 26.3. The fraction of sp³-hybridized carbons (Fsp3) is 0.207. The van der Waals surface area contributed by atoms with Crippen LogP contribution in [0.1, 0.15) is 26.6 Å². The summed E-state index contributed by atoms with van der Waals surface area (Å²) in [7, 11) is 0. The molecule has 1 aromatic heterocycles. The number of hydrogen-bond acceptors (Lipinski definition) is 6. The lowest BCUT2D eigenvalue weighted by Crippen LogP contribution is -2.41. The smallest absolute Gasteiger partial charge is 0.408 e. The lowest BCUT2D eigenvalue weighted by molar-refractivity contribution is -0.119. The average molecular weight is 515 g/mol. The number of rotatable bonds is 9. The highest BCUT2D eigenvalue weighted by Gasteiger charge is 2.15. The number of H-pyrrole nitrogens is 1. The van der Waals surface area contributed by atoms with Gasteiger partial charge >= 0.3 is 6.09 Å². The summed E-state index contributed by atoms with van der Waals surface area (Å²) in [5.41, 5.74) is 1.96. The largest absolute Gasteiger partial charge is 0.486 e. The minimum absolute atomic E-state index is 0.348. The van der Waals surface area contributed by atoms with Gasteiger partial charge in [-0.2, -0.15) is 0 Å². The van der Waals surface area contributed by atoms with E-state index in [4.69, 9.17) is 14.2 Å². The van der Waals surface area contributed by atoms with Gasteiger partial charge in [0.2, 0.25) is 0 Å². The van der Waals surface area contributed by atoms with E-state index in [1.54, 1.807) is 30.5 Å². The second-order valence-electron chi connectivity index (χ2n) is 9.50. The van der Waals surface area contributed by atoms with Gasteiger partial charge in [-0.3, -0.25) is 4.79 Å². The van der Waals surface area contributed by atoms with E-state index in [1.807, 2.05) is 75.4 Å². The van der Waals surface area contributed by atoms with Gasteiger partial charge in [-0.05, 0) is 87.0 Å². The van der Waals surface area contributed by atoms with E-state index in [0.29, 0.717) is 23.8 Å². The number of nitrogens with one attached hydrogen (secondary N) is 3. The Hall–Kier alpha value is -4.79. The fourth-order valence-electron chi connectivity index (χ4n) is 3.37. The van der Waals surface area contributed by atoms with Crippen molar-refractivity contribution in [3.63, 3.8) is 0 Å². The predicted octanol–water partition coefficient (Wildman–Crippen LogP) is 5.91. The number of alkyl carbamates (subject to hydrolysis) is 1. The highest BCUT2D eigenvalue weighted by molar-refractivity contribution is 5.92. The van der Waals surface area contributed by atoms with Crippen LogP contribution in [0.2, 0.25) is 0 Å². The molecule has 0 aliphatic heterocycles. The van der Waals surface area contributed by atoms with Crippen molar-refractivity contribution in [2.45, 2.75) is 32.9 Å². The topological polar surface area (TPSA) is 115 Å². The van der Waals surface area contributed by atoms with Crippen molar-refractivity contribution in [3.05, 3.63) is 90.9 Å². The van der Waals surface area contributed by atoms with Crippen molar-refractivity contribution < 1.29 is 23.8 Å². The minimum atomic E-state index is -0.646. The minimum Gasteiger partial charge on any atom is -0.486 e. The van der Waals surface area contributed by atoms with Crippen LogP contribution in [0.25, 0.3) is 11.3 Å². The number of para-hydroxylation sites is 1. The van der Waals surface area contributed by atoms with Crippen LogP contribution in [0.3, 0.4) is 0 Å². The van der Waals surface area contributed by atoms with Crippen molar-refractivity contribution in [2.75, 3.05) is 11.9 Å². The maximum Gasteiger partial charge on any atom is 0.408 e. The van der Waals surface area contributed by atoms with Crippen molar-refractivity contribution >= 4 is 17.7 Å². The van der Waals surface area contributed by atoms with Gasteiger partial charge in [0.1, 0.15) is 29.7 Å². The molecule has 3 aromatic carbocycles. The van der Waals surface area contributed by atoms with E-state index in [0.717, 1.165) is 22.8 Å². The molecule has 196 valence electrons. The third-order valence-electron chi connectivity index (χ3n) is 5.10. The van der Waals surface area contributed by atoms with Gasteiger partial charge in [0.25, 0.3) is 5.91 Å². The number of carbonyl (C=O) groups is 2. The highest BCUT2D eigenvalue weighted by Crippen LogP contribution is 2.26. The Morgan fingerprint density at radius 1 is 0.868 bits per heavy atom. The Kier molecular flexibility index (Phi) is 8.27. The lowest BCUT2D eigenvalue weighted by Gasteiger charge is -2.19. The third kappa shape index (κ3) is 8.12. The first-order valence-corrected chi connectivity index (χ1v) is 12.1. The van der Waals surface area contributed by atoms with Crippen LogP contribution < -0.4 is 20.1 Å². The number of hydrogen-bond donors (Lipinski definition) is 3. The van der Waals surface area contributed by atoms with Gasteiger partial charge in [-0.1, -0.05) is 18.2 Å². The standard InChI is InChI=1S/C29H30N4O5/c1-29(2,3)33-28(35)37-19-27(34)31-21-11-15-24(16-12-21)38-23-13-9-20(10-14-23)25-17-30-26(32-25)18-36-22-7-5-4-6-8-22/h4-17H,18-19H2,1-3H3,(H,30,32)(H,31,34)(H,33,35). The summed E-state index contributed by atoms with van der Waals surface area (Å²) >= 11 is 0. The number of carbonyl (C=O) groups excluding carboxylic acids is 2. The molecule has 1 heterocycles. The van der Waals surface area contributed by atoms with Crippen molar-refractivity contribution in [3.8, 4) is 28.5 Å². The van der Waals surface area contributed by atoms with E-state index >= 15 is 0 Å². The molecule has 2 amide bonds. The number of nitrogens with zero attached hydrogens (tertiary/aromatic N) is 1. The lowest BCUT2D eigenvalue weighted by atomic mass is 10.1. The van der Waals surface area contributed by atoms with Crippen LogP contribution in [0.5, 0.6) is 17.2 Å². The molecule has 4 rings (SSSR count). The first-order valence-electron chi connectivity index (χ1n) is 12.1. The quantitative estimate of drug-likeness (QED) is 0.256. The van der Waals surface area contributed by atoms with Gasteiger partial charge in [0.15, 0.2) is 6.61 Å². The van der Waals surface area contributed by atoms with Crippen molar-refractivity contribution in [2.24, 2.45) is 0 Å². The Bertz CT molecular complexity index is 1340. The van der Waals surface area contributed by atoms with E-state index in [9.17, 15) is 9.59 Å². The van der Waals surface area contributed by atoms with Crippen LogP contribution in [0, 0.1) is 0 Å². The monoisotopic (exact) mass is 514 g/mol. The SMILES string of the molecule is CC(C)(C)NC(=O)OCC(=O)Nc1ccc(Oc2ccc(-c3cnc(COc4ccccc4)[nH]3)cc2)cc1. The molecular formula is C29H30N4O5. The number of imidazole rings is 1. The maximum absolute atomic E-state index is 12.0.